The molecule has 0 aliphatic rings. The van der Waals surface area contributed by atoms with E-state index in [1.165, 1.54) is 29.5 Å². The number of amides is 1. The third kappa shape index (κ3) is 3.40. The summed E-state index contributed by atoms with van der Waals surface area (Å²) >= 11 is 1.50. The normalized spacial score (nSPS) is 10.8. The van der Waals surface area contributed by atoms with Crippen LogP contribution in [0.25, 0.3) is 21.5 Å². The zero-order valence-corrected chi connectivity index (χ0v) is 14.7. The molecule has 0 radical (unpaired) electrons. The largest absolute Gasteiger partial charge is 0.345 e. The predicted molar refractivity (Wildman–Crippen MR) is 101 cm³/mol. The van der Waals surface area contributed by atoms with Crippen molar-refractivity contribution in [3.05, 3.63) is 75.4 Å². The van der Waals surface area contributed by atoms with Crippen molar-refractivity contribution in [1.29, 1.82) is 0 Å². The number of fused-ring (bicyclic) bond motifs is 1. The minimum Gasteiger partial charge on any atom is -0.345 e. The van der Waals surface area contributed by atoms with Crippen molar-refractivity contribution in [3.8, 4) is 10.6 Å². The van der Waals surface area contributed by atoms with Crippen molar-refractivity contribution < 1.29 is 9.72 Å². The van der Waals surface area contributed by atoms with Gasteiger partial charge in [-0.05, 0) is 6.07 Å². The van der Waals surface area contributed by atoms with Crippen LogP contribution in [-0.2, 0) is 6.54 Å². The Kier molecular flexibility index (Phi) is 4.35. The van der Waals surface area contributed by atoms with Crippen LogP contribution < -0.4 is 5.32 Å². The van der Waals surface area contributed by atoms with Crippen molar-refractivity contribution in [2.24, 2.45) is 0 Å². The fourth-order valence-electron chi connectivity index (χ4n) is 2.64. The van der Waals surface area contributed by atoms with Crippen molar-refractivity contribution >= 4 is 33.8 Å². The monoisotopic (exact) mass is 379 g/mol. The minimum absolute atomic E-state index is 0.0926. The van der Waals surface area contributed by atoms with Gasteiger partial charge in [-0.15, -0.1) is 11.3 Å². The number of carbonyl (C=O) groups excluding carboxylic acids is 1. The van der Waals surface area contributed by atoms with Gasteiger partial charge in [0.1, 0.15) is 5.01 Å². The second-order valence-corrected chi connectivity index (χ2v) is 6.61. The number of aromatic nitrogens is 3. The number of thiazole rings is 1. The maximum Gasteiger partial charge on any atom is 0.272 e. The van der Waals surface area contributed by atoms with Crippen molar-refractivity contribution in [2.75, 3.05) is 0 Å². The zero-order valence-electron chi connectivity index (χ0n) is 13.9. The van der Waals surface area contributed by atoms with Gasteiger partial charge in [0.15, 0.2) is 5.69 Å². The third-order valence-electron chi connectivity index (χ3n) is 3.97. The number of benzene rings is 2. The van der Waals surface area contributed by atoms with Gasteiger partial charge in [-0.1, -0.05) is 30.3 Å². The number of nitro groups is 1. The summed E-state index contributed by atoms with van der Waals surface area (Å²) in [4.78, 5) is 27.4. The van der Waals surface area contributed by atoms with E-state index in [0.717, 1.165) is 16.3 Å². The maximum absolute atomic E-state index is 12.5. The van der Waals surface area contributed by atoms with E-state index in [1.54, 1.807) is 0 Å². The number of rotatable bonds is 5. The Bertz CT molecular complexity index is 1140. The molecule has 0 unspecified atom stereocenters. The van der Waals surface area contributed by atoms with Gasteiger partial charge in [-0.3, -0.25) is 20.0 Å². The summed E-state index contributed by atoms with van der Waals surface area (Å²) in [6.07, 6.45) is 0. The van der Waals surface area contributed by atoms with Gasteiger partial charge in [0.25, 0.3) is 11.6 Å². The van der Waals surface area contributed by atoms with Crippen LogP contribution in [0, 0.1) is 10.1 Å². The van der Waals surface area contributed by atoms with Gasteiger partial charge in [-0.25, -0.2) is 4.98 Å². The Labute approximate surface area is 157 Å². The molecular weight excluding hydrogens is 366 g/mol. The molecule has 1 amide bonds. The van der Waals surface area contributed by atoms with Crippen LogP contribution in [-0.4, -0.2) is 26.0 Å². The SMILES string of the molecule is O=C(NCc1csc(-c2ccccc2)n1)c1n[nH]c2ccc([N+](=O)[O-])cc12. The van der Waals surface area contributed by atoms with Crippen LogP contribution in [0.1, 0.15) is 16.2 Å². The molecule has 4 aromatic rings. The summed E-state index contributed by atoms with van der Waals surface area (Å²) in [7, 11) is 0. The number of non-ortho nitro benzene ring substituents is 1. The van der Waals surface area contributed by atoms with E-state index in [4.69, 9.17) is 0 Å². The number of H-pyrrole nitrogens is 1. The molecule has 2 heterocycles. The summed E-state index contributed by atoms with van der Waals surface area (Å²) in [5, 5.41) is 23.6. The molecule has 0 saturated carbocycles. The first kappa shape index (κ1) is 16.9. The molecule has 134 valence electrons. The fraction of sp³-hybridized carbons (Fsp3) is 0.0556. The summed E-state index contributed by atoms with van der Waals surface area (Å²) in [5.41, 5.74) is 2.34. The van der Waals surface area contributed by atoms with E-state index >= 15 is 0 Å². The average molecular weight is 379 g/mol. The van der Waals surface area contributed by atoms with Crippen LogP contribution in [0.15, 0.2) is 53.9 Å². The fourth-order valence-corrected chi connectivity index (χ4v) is 3.47. The van der Waals surface area contributed by atoms with Crippen LogP contribution in [0.5, 0.6) is 0 Å². The molecular formula is C18H13N5O3S. The highest BCUT2D eigenvalue weighted by Crippen LogP contribution is 2.24. The summed E-state index contributed by atoms with van der Waals surface area (Å²) in [5.74, 6) is -0.420. The number of nitro benzene ring substituents is 1. The lowest BCUT2D eigenvalue weighted by Crippen LogP contribution is -2.23. The molecule has 0 fully saturated rings. The molecule has 0 spiro atoms. The van der Waals surface area contributed by atoms with Gasteiger partial charge < -0.3 is 5.32 Å². The summed E-state index contributed by atoms with van der Waals surface area (Å²) < 4.78 is 0. The number of nitrogens with one attached hydrogen (secondary N) is 2. The number of aromatic amines is 1. The van der Waals surface area contributed by atoms with Gasteiger partial charge >= 0.3 is 0 Å². The van der Waals surface area contributed by atoms with Crippen LogP contribution >= 0.6 is 11.3 Å². The first-order valence-corrected chi connectivity index (χ1v) is 8.90. The van der Waals surface area contributed by atoms with Crippen LogP contribution in [0.4, 0.5) is 5.69 Å². The summed E-state index contributed by atoms with van der Waals surface area (Å²) in [6.45, 7) is 0.242. The van der Waals surface area contributed by atoms with Crippen molar-refractivity contribution in [3.63, 3.8) is 0 Å². The highest BCUT2D eigenvalue weighted by Gasteiger charge is 2.17. The zero-order chi connectivity index (χ0) is 18.8. The highest BCUT2D eigenvalue weighted by atomic mass is 32.1. The minimum atomic E-state index is -0.505. The molecule has 0 aliphatic carbocycles. The first-order chi connectivity index (χ1) is 13.1. The Morgan fingerprint density at radius 3 is 2.81 bits per heavy atom. The molecule has 8 nitrogen and oxygen atoms in total. The van der Waals surface area contributed by atoms with E-state index < -0.39 is 10.8 Å². The standard InChI is InChI=1S/C18H13N5O3S/c24-17(16-14-8-13(23(25)26)6-7-15(14)21-22-16)19-9-12-10-27-18(20-12)11-4-2-1-3-5-11/h1-8,10H,9H2,(H,19,24)(H,21,22). The number of hydrogen-bond acceptors (Lipinski definition) is 6. The second kappa shape index (κ2) is 6.96. The van der Waals surface area contributed by atoms with Gasteiger partial charge in [0.05, 0.1) is 22.7 Å². The number of carbonyl (C=O) groups is 1. The molecule has 2 aromatic carbocycles. The topological polar surface area (TPSA) is 114 Å². The Morgan fingerprint density at radius 1 is 1.22 bits per heavy atom. The lowest BCUT2D eigenvalue weighted by molar-refractivity contribution is -0.384. The molecule has 27 heavy (non-hydrogen) atoms. The second-order valence-electron chi connectivity index (χ2n) is 5.75. The maximum atomic E-state index is 12.5. The van der Waals surface area contributed by atoms with Crippen molar-refractivity contribution in [1.82, 2.24) is 20.5 Å². The van der Waals surface area contributed by atoms with E-state index in [1.807, 2.05) is 35.7 Å². The molecule has 0 atom stereocenters. The lowest BCUT2D eigenvalue weighted by Gasteiger charge is -2.01. The molecule has 9 heteroatoms. The molecule has 4 rings (SSSR count). The third-order valence-corrected chi connectivity index (χ3v) is 4.92. The Hall–Kier alpha value is -3.59. The first-order valence-electron chi connectivity index (χ1n) is 8.02. The van der Waals surface area contributed by atoms with Gasteiger partial charge in [0, 0.05) is 28.5 Å². The van der Waals surface area contributed by atoms with Crippen LogP contribution in [0.3, 0.4) is 0 Å². The number of hydrogen-bond donors (Lipinski definition) is 2. The average Bonchev–Trinajstić information content (AvgIpc) is 3.33. The quantitative estimate of drug-likeness (QED) is 0.407. The molecule has 2 aromatic heterocycles. The Morgan fingerprint density at radius 2 is 2.04 bits per heavy atom. The number of nitrogens with zero attached hydrogens (tertiary/aromatic N) is 3. The highest BCUT2D eigenvalue weighted by molar-refractivity contribution is 7.13. The predicted octanol–water partition coefficient (Wildman–Crippen LogP) is 3.52. The summed E-state index contributed by atoms with van der Waals surface area (Å²) in [6, 6.07) is 14.0. The molecule has 0 bridgehead atoms. The lowest BCUT2D eigenvalue weighted by atomic mass is 10.2. The van der Waals surface area contributed by atoms with Gasteiger partial charge in [-0.2, -0.15) is 5.10 Å². The van der Waals surface area contributed by atoms with E-state index in [0.29, 0.717) is 10.9 Å². The Balaban J connectivity index is 1.50. The van der Waals surface area contributed by atoms with E-state index in [9.17, 15) is 14.9 Å². The van der Waals surface area contributed by atoms with Gasteiger partial charge in [0.2, 0.25) is 0 Å². The smallest absolute Gasteiger partial charge is 0.272 e. The van der Waals surface area contributed by atoms with Crippen molar-refractivity contribution in [2.45, 2.75) is 6.54 Å². The molecule has 2 N–H and O–H groups in total. The molecule has 0 aliphatic heterocycles. The van der Waals surface area contributed by atoms with E-state index in [-0.39, 0.29) is 17.9 Å². The van der Waals surface area contributed by atoms with Crippen LogP contribution in [0.2, 0.25) is 0 Å². The van der Waals surface area contributed by atoms with E-state index in [2.05, 4.69) is 20.5 Å². The molecule has 0 saturated heterocycles.